The van der Waals surface area contributed by atoms with Crippen LogP contribution in [-0.2, 0) is 5.41 Å². The molecule has 3 heterocycles. The first kappa shape index (κ1) is 27.7. The van der Waals surface area contributed by atoms with Crippen molar-refractivity contribution in [3.63, 3.8) is 0 Å². The van der Waals surface area contributed by atoms with E-state index in [2.05, 4.69) is 118 Å². The van der Waals surface area contributed by atoms with Crippen LogP contribution in [0.25, 0.3) is 44.5 Å². The second-order valence-corrected chi connectivity index (χ2v) is 15.2. The highest BCUT2D eigenvalue weighted by atomic mass is 16.3. The highest BCUT2D eigenvalue weighted by Crippen LogP contribution is 2.58. The van der Waals surface area contributed by atoms with Gasteiger partial charge < -0.3 is 4.42 Å². The Balaban J connectivity index is 1.64. The molecular formula is C38H44N2O. The average Bonchev–Trinajstić information content (AvgIpc) is 3.33. The van der Waals surface area contributed by atoms with Crippen molar-refractivity contribution in [2.45, 2.75) is 93.4 Å². The van der Waals surface area contributed by atoms with Gasteiger partial charge in [-0.1, -0.05) is 91.8 Å². The average molecular weight is 545 g/mol. The fourth-order valence-corrected chi connectivity index (χ4v) is 7.55. The summed E-state index contributed by atoms with van der Waals surface area (Å²) in [5, 5.41) is 2.18. The van der Waals surface area contributed by atoms with Gasteiger partial charge in [-0.05, 0) is 83.4 Å². The number of benzene rings is 2. The number of fused-ring (bicyclic) bond motifs is 6. The van der Waals surface area contributed by atoms with E-state index in [4.69, 9.17) is 14.4 Å². The number of aryl methyl sites for hydroxylation is 2. The molecule has 0 amide bonds. The summed E-state index contributed by atoms with van der Waals surface area (Å²) in [6.45, 7) is 22.9. The maximum atomic E-state index is 6.76. The third-order valence-corrected chi connectivity index (χ3v) is 8.72. The molecule has 0 aliphatic heterocycles. The molecular weight excluding hydrogens is 500 g/mol. The Morgan fingerprint density at radius 2 is 1.49 bits per heavy atom. The maximum absolute atomic E-state index is 6.76. The standard InChI is InChI=1S/C38H44N2O/c1-22(2)29-19-39-31(17-24(29)4)32-23(3)15-16-26-28-18-27-25-13-11-12-14-30(25)38(20-36(5,6)7,21-37(8,9)10)34(27)40-35(28)41-33(26)32/h11-19,22H,20-21H2,1-10H3. The number of rotatable bonds is 4. The van der Waals surface area contributed by atoms with E-state index < -0.39 is 0 Å². The Kier molecular flexibility index (Phi) is 6.27. The fourth-order valence-electron chi connectivity index (χ4n) is 7.55. The van der Waals surface area contributed by atoms with E-state index in [1.807, 2.05) is 6.20 Å². The first-order chi connectivity index (χ1) is 19.2. The van der Waals surface area contributed by atoms with Gasteiger partial charge in [0.15, 0.2) is 0 Å². The van der Waals surface area contributed by atoms with E-state index in [9.17, 15) is 0 Å². The van der Waals surface area contributed by atoms with Crippen LogP contribution in [0.4, 0.5) is 0 Å². The topological polar surface area (TPSA) is 38.9 Å². The van der Waals surface area contributed by atoms with Crippen LogP contribution in [-0.4, -0.2) is 9.97 Å². The van der Waals surface area contributed by atoms with Crippen LogP contribution in [0.2, 0.25) is 0 Å². The van der Waals surface area contributed by atoms with Crippen molar-refractivity contribution in [3.05, 3.63) is 82.7 Å². The van der Waals surface area contributed by atoms with Gasteiger partial charge in [-0.25, -0.2) is 4.98 Å². The lowest BCUT2D eigenvalue weighted by atomic mass is 9.63. The van der Waals surface area contributed by atoms with Gasteiger partial charge in [0, 0.05) is 33.5 Å². The lowest BCUT2D eigenvalue weighted by molar-refractivity contribution is 0.211. The molecule has 0 radical (unpaired) electrons. The van der Waals surface area contributed by atoms with Gasteiger partial charge in [-0.2, -0.15) is 0 Å². The Bertz CT molecular complexity index is 1790. The van der Waals surface area contributed by atoms with Crippen molar-refractivity contribution in [2.24, 2.45) is 10.8 Å². The number of aromatic nitrogens is 2. The molecule has 0 bridgehead atoms. The molecule has 6 rings (SSSR count). The SMILES string of the molecule is Cc1cc(-c2c(C)ccc3c2oc2nc4c(cc23)-c2ccccc2C4(CC(C)(C)C)CC(C)(C)C)ncc1C(C)C. The molecule has 1 aliphatic carbocycles. The van der Waals surface area contributed by atoms with Crippen molar-refractivity contribution in [3.8, 4) is 22.4 Å². The van der Waals surface area contributed by atoms with Gasteiger partial charge in [0.2, 0.25) is 5.71 Å². The molecule has 0 unspecified atom stereocenters. The van der Waals surface area contributed by atoms with E-state index in [1.165, 1.54) is 33.5 Å². The molecule has 0 N–H and O–H groups in total. The zero-order valence-corrected chi connectivity index (χ0v) is 26.5. The third-order valence-electron chi connectivity index (χ3n) is 8.72. The lowest BCUT2D eigenvalue weighted by Gasteiger charge is -2.41. The predicted molar refractivity (Wildman–Crippen MR) is 173 cm³/mol. The Morgan fingerprint density at radius 3 is 2.12 bits per heavy atom. The van der Waals surface area contributed by atoms with Crippen LogP contribution in [0.15, 0.2) is 59.1 Å². The normalized spacial score (nSPS) is 14.7. The van der Waals surface area contributed by atoms with Gasteiger partial charge >= 0.3 is 0 Å². The zero-order valence-electron chi connectivity index (χ0n) is 26.5. The minimum absolute atomic E-state index is 0.125. The fraction of sp³-hybridized carbons (Fsp3) is 0.421. The van der Waals surface area contributed by atoms with E-state index in [0.717, 1.165) is 51.7 Å². The third kappa shape index (κ3) is 4.58. The summed E-state index contributed by atoms with van der Waals surface area (Å²) >= 11 is 0. The summed E-state index contributed by atoms with van der Waals surface area (Å²) in [6.07, 6.45) is 4.08. The number of nitrogens with zero attached hydrogens (tertiary/aromatic N) is 2. The monoisotopic (exact) mass is 544 g/mol. The number of pyridine rings is 2. The lowest BCUT2D eigenvalue weighted by Crippen LogP contribution is -2.35. The molecule has 3 aromatic heterocycles. The van der Waals surface area contributed by atoms with Crippen molar-refractivity contribution in [2.75, 3.05) is 0 Å². The van der Waals surface area contributed by atoms with Crippen LogP contribution in [0.1, 0.15) is 102 Å². The summed E-state index contributed by atoms with van der Waals surface area (Å²) in [7, 11) is 0. The quantitative estimate of drug-likeness (QED) is 0.226. The van der Waals surface area contributed by atoms with E-state index in [-0.39, 0.29) is 16.2 Å². The van der Waals surface area contributed by atoms with Crippen molar-refractivity contribution >= 4 is 22.1 Å². The molecule has 0 atom stereocenters. The molecule has 0 saturated carbocycles. The van der Waals surface area contributed by atoms with Crippen LogP contribution in [0.5, 0.6) is 0 Å². The van der Waals surface area contributed by atoms with E-state index in [1.54, 1.807) is 0 Å². The minimum Gasteiger partial charge on any atom is -0.437 e. The molecule has 3 heteroatoms. The number of hydrogen-bond donors (Lipinski definition) is 0. The molecule has 212 valence electrons. The van der Waals surface area contributed by atoms with Crippen LogP contribution >= 0.6 is 0 Å². The molecule has 0 saturated heterocycles. The number of hydrogen-bond acceptors (Lipinski definition) is 3. The highest BCUT2D eigenvalue weighted by molar-refractivity contribution is 6.10. The summed E-state index contributed by atoms with van der Waals surface area (Å²) in [6, 6.07) is 18.0. The summed E-state index contributed by atoms with van der Waals surface area (Å²) in [5.41, 5.74) is 12.6. The largest absolute Gasteiger partial charge is 0.437 e. The van der Waals surface area contributed by atoms with Crippen molar-refractivity contribution in [1.82, 2.24) is 9.97 Å². The van der Waals surface area contributed by atoms with Gasteiger partial charge in [0.1, 0.15) is 5.58 Å². The van der Waals surface area contributed by atoms with Crippen LogP contribution in [0, 0.1) is 24.7 Å². The summed E-state index contributed by atoms with van der Waals surface area (Å²) in [4.78, 5) is 10.4. The van der Waals surface area contributed by atoms with E-state index in [0.29, 0.717) is 5.92 Å². The summed E-state index contributed by atoms with van der Waals surface area (Å²) < 4.78 is 6.76. The minimum atomic E-state index is -0.181. The molecule has 5 aromatic rings. The molecule has 3 nitrogen and oxygen atoms in total. The zero-order chi connectivity index (χ0) is 29.5. The predicted octanol–water partition coefficient (Wildman–Crippen LogP) is 10.9. The molecule has 2 aromatic carbocycles. The maximum Gasteiger partial charge on any atom is 0.227 e. The first-order valence-electron chi connectivity index (χ1n) is 15.1. The molecule has 0 spiro atoms. The van der Waals surface area contributed by atoms with Crippen LogP contribution < -0.4 is 0 Å². The molecule has 41 heavy (non-hydrogen) atoms. The second-order valence-electron chi connectivity index (χ2n) is 15.2. The Morgan fingerprint density at radius 1 is 0.805 bits per heavy atom. The van der Waals surface area contributed by atoms with Gasteiger partial charge in [-0.15, -0.1) is 0 Å². The van der Waals surface area contributed by atoms with Crippen molar-refractivity contribution in [1.29, 1.82) is 0 Å². The molecule has 1 aliphatic rings. The Labute approximate surface area is 245 Å². The second kappa shape index (κ2) is 9.28. The van der Waals surface area contributed by atoms with E-state index >= 15 is 0 Å². The van der Waals surface area contributed by atoms with Gasteiger partial charge in [0.05, 0.1) is 11.4 Å². The van der Waals surface area contributed by atoms with Crippen LogP contribution in [0.3, 0.4) is 0 Å². The van der Waals surface area contributed by atoms with Crippen molar-refractivity contribution < 1.29 is 4.42 Å². The Hall–Kier alpha value is -3.46. The number of furan rings is 1. The highest BCUT2D eigenvalue weighted by Gasteiger charge is 2.49. The summed E-state index contributed by atoms with van der Waals surface area (Å²) in [5.74, 6) is 0.440. The smallest absolute Gasteiger partial charge is 0.227 e. The first-order valence-corrected chi connectivity index (χ1v) is 15.1. The molecule has 0 fully saturated rings. The van der Waals surface area contributed by atoms with Gasteiger partial charge in [0.25, 0.3) is 0 Å². The van der Waals surface area contributed by atoms with Gasteiger partial charge in [-0.3, -0.25) is 4.98 Å².